The van der Waals surface area contributed by atoms with Crippen molar-refractivity contribution in [3.8, 4) is 0 Å². The predicted molar refractivity (Wildman–Crippen MR) is 104 cm³/mol. The topological polar surface area (TPSA) is 106 Å². The number of alkyl halides is 3. The highest BCUT2D eigenvalue weighted by atomic mass is 32.2. The average molecular weight is 476 g/mol. The summed E-state index contributed by atoms with van der Waals surface area (Å²) in [7, 11) is -2.83. The quantitative estimate of drug-likeness (QED) is 0.540. The van der Waals surface area contributed by atoms with Gasteiger partial charge in [0, 0.05) is 25.2 Å². The SMILES string of the molecule is CN1C(N)=N[C@](C)(c2cc(CC(=O)c3cc(C(F)(F)F)ccn3)cc(F)c2F)CS1(=O)=O. The average Bonchev–Trinajstić information content (AvgIpc) is 2.67. The van der Waals surface area contributed by atoms with Gasteiger partial charge in [0.15, 0.2) is 17.4 Å². The van der Waals surface area contributed by atoms with Crippen molar-refractivity contribution in [1.29, 1.82) is 0 Å². The van der Waals surface area contributed by atoms with Gasteiger partial charge in [0.05, 0.1) is 11.3 Å². The minimum Gasteiger partial charge on any atom is -0.369 e. The summed E-state index contributed by atoms with van der Waals surface area (Å²) < 4.78 is 92.9. The van der Waals surface area contributed by atoms with E-state index >= 15 is 0 Å². The van der Waals surface area contributed by atoms with Crippen molar-refractivity contribution in [2.75, 3.05) is 12.8 Å². The molecule has 1 aliphatic heterocycles. The number of pyridine rings is 1. The van der Waals surface area contributed by atoms with Crippen molar-refractivity contribution >= 4 is 21.8 Å². The van der Waals surface area contributed by atoms with Gasteiger partial charge in [0.2, 0.25) is 16.0 Å². The highest BCUT2D eigenvalue weighted by Crippen LogP contribution is 2.35. The fourth-order valence-electron chi connectivity index (χ4n) is 3.26. The molecule has 0 aliphatic carbocycles. The standard InChI is InChI=1S/C19H17F5N4O3S/c1-18(9-32(30,31)28(2)17(25)27-18)12-5-10(6-13(20)16(12)21)7-15(29)14-8-11(3-4-26-14)19(22,23)24/h3-6,8H,7,9H2,1-2H3,(H2,25,27)/t18-/m0/s1. The monoisotopic (exact) mass is 476 g/mol. The summed E-state index contributed by atoms with van der Waals surface area (Å²) in [5, 5.41) is 0. The molecule has 0 fully saturated rings. The Balaban J connectivity index is 2.01. The molecule has 0 spiro atoms. The summed E-state index contributed by atoms with van der Waals surface area (Å²) in [4.78, 5) is 20.1. The number of hydrogen-bond donors (Lipinski definition) is 1. The van der Waals surface area contributed by atoms with E-state index in [0.717, 1.165) is 19.3 Å². The maximum absolute atomic E-state index is 14.6. The van der Waals surface area contributed by atoms with Crippen LogP contribution >= 0.6 is 0 Å². The number of carbonyl (C=O) groups excluding carboxylic acids is 1. The van der Waals surface area contributed by atoms with E-state index in [0.29, 0.717) is 22.5 Å². The maximum Gasteiger partial charge on any atom is 0.416 e. The maximum atomic E-state index is 14.6. The van der Waals surface area contributed by atoms with E-state index in [1.54, 1.807) is 0 Å². The van der Waals surface area contributed by atoms with Gasteiger partial charge in [0.1, 0.15) is 11.2 Å². The molecule has 2 N–H and O–H groups in total. The summed E-state index contributed by atoms with van der Waals surface area (Å²) in [6.45, 7) is 1.24. The number of halogens is 5. The number of carbonyl (C=O) groups is 1. The molecule has 1 aromatic heterocycles. The number of Topliss-reactive ketones (excluding diaryl/α,β-unsaturated/α-hetero) is 1. The van der Waals surface area contributed by atoms with Crippen LogP contribution in [-0.2, 0) is 28.2 Å². The molecular formula is C19H17F5N4O3S. The number of ketones is 1. The van der Waals surface area contributed by atoms with Crippen LogP contribution in [-0.4, -0.2) is 42.3 Å². The largest absolute Gasteiger partial charge is 0.416 e. The molecule has 32 heavy (non-hydrogen) atoms. The Kier molecular flexibility index (Phi) is 5.74. The zero-order valence-electron chi connectivity index (χ0n) is 16.7. The van der Waals surface area contributed by atoms with E-state index in [4.69, 9.17) is 5.73 Å². The molecule has 0 bridgehead atoms. The number of benzene rings is 1. The summed E-state index contributed by atoms with van der Waals surface area (Å²) in [5.41, 5.74) is 1.66. The molecule has 0 amide bonds. The molecule has 1 aromatic carbocycles. The first-order valence-corrected chi connectivity index (χ1v) is 10.6. The van der Waals surface area contributed by atoms with Crippen LogP contribution in [0.3, 0.4) is 0 Å². The fourth-order valence-corrected chi connectivity index (χ4v) is 4.71. The summed E-state index contributed by atoms with van der Waals surface area (Å²) >= 11 is 0. The number of rotatable bonds is 4. The molecule has 2 heterocycles. The highest BCUT2D eigenvalue weighted by molar-refractivity contribution is 7.89. The number of nitrogens with zero attached hydrogens (tertiary/aromatic N) is 3. The van der Waals surface area contributed by atoms with Crippen LogP contribution in [0.1, 0.15) is 34.1 Å². The molecule has 1 aliphatic rings. The van der Waals surface area contributed by atoms with Crippen LogP contribution in [0.25, 0.3) is 0 Å². The Hall–Kier alpha value is -3.09. The highest BCUT2D eigenvalue weighted by Gasteiger charge is 2.42. The lowest BCUT2D eigenvalue weighted by atomic mass is 9.91. The molecule has 172 valence electrons. The molecule has 0 unspecified atom stereocenters. The van der Waals surface area contributed by atoms with Gasteiger partial charge >= 0.3 is 6.18 Å². The number of sulfonamides is 1. The number of aromatic nitrogens is 1. The van der Waals surface area contributed by atoms with E-state index < -0.39 is 74.1 Å². The lowest BCUT2D eigenvalue weighted by Gasteiger charge is -2.34. The van der Waals surface area contributed by atoms with Gasteiger partial charge in [-0.2, -0.15) is 13.2 Å². The minimum absolute atomic E-state index is 0.102. The third kappa shape index (κ3) is 4.42. The van der Waals surface area contributed by atoms with Crippen molar-refractivity contribution < 1.29 is 35.2 Å². The first-order chi connectivity index (χ1) is 14.6. The Bertz CT molecular complexity index is 1230. The van der Waals surface area contributed by atoms with Crippen LogP contribution in [0.2, 0.25) is 0 Å². The summed E-state index contributed by atoms with van der Waals surface area (Å²) in [5.74, 6) is -4.79. The van der Waals surface area contributed by atoms with Crippen molar-refractivity contribution in [3.63, 3.8) is 0 Å². The smallest absolute Gasteiger partial charge is 0.369 e. The molecule has 1 atom stereocenters. The van der Waals surface area contributed by atoms with Crippen LogP contribution in [0.15, 0.2) is 35.5 Å². The van der Waals surface area contributed by atoms with Gasteiger partial charge < -0.3 is 5.73 Å². The van der Waals surface area contributed by atoms with E-state index in [1.807, 2.05) is 0 Å². The van der Waals surface area contributed by atoms with Gasteiger partial charge in [-0.15, -0.1) is 0 Å². The fraction of sp³-hybridized carbons (Fsp3) is 0.316. The van der Waals surface area contributed by atoms with Crippen LogP contribution in [0.5, 0.6) is 0 Å². The molecule has 7 nitrogen and oxygen atoms in total. The minimum atomic E-state index is -4.70. The van der Waals surface area contributed by atoms with Gasteiger partial charge in [-0.25, -0.2) is 26.5 Å². The van der Waals surface area contributed by atoms with Crippen molar-refractivity contribution in [2.45, 2.75) is 25.1 Å². The van der Waals surface area contributed by atoms with E-state index in [-0.39, 0.29) is 5.56 Å². The molecule has 3 rings (SSSR count). The number of hydrogen-bond acceptors (Lipinski definition) is 6. The zero-order chi connectivity index (χ0) is 24.1. The molecule has 13 heteroatoms. The van der Waals surface area contributed by atoms with Gasteiger partial charge in [-0.3, -0.25) is 9.78 Å². The van der Waals surface area contributed by atoms with Crippen LogP contribution in [0, 0.1) is 11.6 Å². The molecule has 0 radical (unpaired) electrons. The van der Waals surface area contributed by atoms with Crippen molar-refractivity contribution in [1.82, 2.24) is 9.29 Å². The zero-order valence-corrected chi connectivity index (χ0v) is 17.6. The van der Waals surface area contributed by atoms with E-state index in [1.165, 1.54) is 6.92 Å². The van der Waals surface area contributed by atoms with Gasteiger partial charge in [0.25, 0.3) is 0 Å². The summed E-state index contributed by atoms with van der Waals surface area (Å²) in [6, 6.07) is 2.99. The normalized spacial score (nSPS) is 20.7. The molecule has 2 aromatic rings. The lowest BCUT2D eigenvalue weighted by molar-refractivity contribution is -0.137. The second-order valence-corrected chi connectivity index (χ2v) is 9.43. The van der Waals surface area contributed by atoms with E-state index in [2.05, 4.69) is 9.98 Å². The number of guanidine groups is 1. The Morgan fingerprint density at radius 3 is 2.50 bits per heavy atom. The molecule has 0 saturated carbocycles. The van der Waals surface area contributed by atoms with E-state index in [9.17, 15) is 35.2 Å². The Morgan fingerprint density at radius 2 is 1.91 bits per heavy atom. The summed E-state index contributed by atoms with van der Waals surface area (Å²) in [6.07, 6.45) is -4.49. The molecule has 0 saturated heterocycles. The Labute approximate surface area is 179 Å². The predicted octanol–water partition coefficient (Wildman–Crippen LogP) is 2.61. The number of aliphatic imine (C=N–C) groups is 1. The lowest BCUT2D eigenvalue weighted by Crippen LogP contribution is -2.50. The van der Waals surface area contributed by atoms with Gasteiger partial charge in [-0.1, -0.05) is 0 Å². The second kappa shape index (κ2) is 7.80. The third-order valence-corrected chi connectivity index (χ3v) is 6.92. The molecular weight excluding hydrogens is 459 g/mol. The van der Waals surface area contributed by atoms with Gasteiger partial charge in [-0.05, 0) is 36.8 Å². The van der Waals surface area contributed by atoms with Crippen molar-refractivity contribution in [2.24, 2.45) is 10.7 Å². The van der Waals surface area contributed by atoms with Crippen molar-refractivity contribution in [3.05, 3.63) is 64.5 Å². The van der Waals surface area contributed by atoms with Crippen LogP contribution in [0.4, 0.5) is 22.0 Å². The first kappa shape index (κ1) is 23.6. The Morgan fingerprint density at radius 1 is 1.25 bits per heavy atom. The second-order valence-electron chi connectivity index (χ2n) is 7.43. The number of nitrogens with two attached hydrogens (primary N) is 1. The van der Waals surface area contributed by atoms with Crippen LogP contribution < -0.4 is 5.73 Å². The third-order valence-electron chi connectivity index (χ3n) is 4.97. The first-order valence-electron chi connectivity index (χ1n) is 9.01.